The fourth-order valence-electron chi connectivity index (χ4n) is 5.36. The number of benzene rings is 1. The van der Waals surface area contributed by atoms with Crippen molar-refractivity contribution in [3.8, 4) is 0 Å². The van der Waals surface area contributed by atoms with Crippen molar-refractivity contribution < 1.29 is 14.3 Å². The molecule has 2 saturated carbocycles. The first-order chi connectivity index (χ1) is 12.1. The topological polar surface area (TPSA) is 46.6 Å². The molecule has 5 atom stereocenters. The Morgan fingerprint density at radius 2 is 1.80 bits per heavy atom. The molecule has 4 nitrogen and oxygen atoms in total. The third kappa shape index (κ3) is 3.44. The lowest BCUT2D eigenvalue weighted by Crippen LogP contribution is -2.40. The van der Waals surface area contributed by atoms with Gasteiger partial charge in [-0.1, -0.05) is 37.3 Å². The van der Waals surface area contributed by atoms with Crippen molar-refractivity contribution >= 4 is 12.0 Å². The van der Waals surface area contributed by atoms with Gasteiger partial charge in [0, 0.05) is 6.42 Å². The fraction of sp³-hybridized carbons (Fsp3) is 0.619. The first kappa shape index (κ1) is 16.6. The lowest BCUT2D eigenvalue weighted by molar-refractivity contribution is -0.130. The molecule has 1 aromatic rings. The van der Waals surface area contributed by atoms with Crippen LogP contribution in [0.2, 0.25) is 0 Å². The maximum atomic E-state index is 12.8. The molecular weight excluding hydrogens is 314 g/mol. The molecule has 1 saturated heterocycles. The highest BCUT2D eigenvalue weighted by Crippen LogP contribution is 2.50. The van der Waals surface area contributed by atoms with Gasteiger partial charge >= 0.3 is 6.09 Å². The predicted octanol–water partition coefficient (Wildman–Crippen LogP) is 4.04. The Morgan fingerprint density at radius 3 is 2.48 bits per heavy atom. The Bertz CT molecular complexity index is 630. The molecule has 3 fully saturated rings. The van der Waals surface area contributed by atoms with E-state index in [1.165, 1.54) is 17.7 Å². The summed E-state index contributed by atoms with van der Waals surface area (Å²) in [5, 5.41) is 0. The number of hydrogen-bond acceptors (Lipinski definition) is 3. The van der Waals surface area contributed by atoms with Crippen LogP contribution >= 0.6 is 0 Å². The molecule has 4 rings (SSSR count). The molecule has 134 valence electrons. The van der Waals surface area contributed by atoms with Gasteiger partial charge in [0.2, 0.25) is 5.91 Å². The van der Waals surface area contributed by atoms with Gasteiger partial charge in [0.1, 0.15) is 6.61 Å². The number of cyclic esters (lactones) is 1. The molecule has 0 N–H and O–H groups in total. The highest BCUT2D eigenvalue weighted by Gasteiger charge is 2.43. The summed E-state index contributed by atoms with van der Waals surface area (Å²) in [7, 11) is 0. The molecule has 0 bridgehead atoms. The van der Waals surface area contributed by atoms with E-state index in [9.17, 15) is 9.59 Å². The van der Waals surface area contributed by atoms with Gasteiger partial charge in [0.25, 0.3) is 0 Å². The van der Waals surface area contributed by atoms with Crippen LogP contribution in [-0.2, 0) is 16.0 Å². The fourth-order valence-corrected chi connectivity index (χ4v) is 5.36. The van der Waals surface area contributed by atoms with E-state index in [2.05, 4.69) is 6.92 Å². The number of hydrogen-bond donors (Lipinski definition) is 0. The van der Waals surface area contributed by atoms with Crippen LogP contribution in [0.25, 0.3) is 0 Å². The highest BCUT2D eigenvalue weighted by molar-refractivity contribution is 5.93. The molecule has 0 aromatic heterocycles. The monoisotopic (exact) mass is 341 g/mol. The number of ether oxygens (including phenoxy) is 1. The zero-order valence-electron chi connectivity index (χ0n) is 14.9. The summed E-state index contributed by atoms with van der Waals surface area (Å²) in [6.07, 6.45) is 5.67. The molecule has 4 heteroatoms. The molecule has 1 unspecified atom stereocenters. The molecule has 1 aromatic carbocycles. The van der Waals surface area contributed by atoms with Crippen LogP contribution in [0.5, 0.6) is 0 Å². The van der Waals surface area contributed by atoms with Crippen molar-refractivity contribution in [2.75, 3.05) is 6.61 Å². The summed E-state index contributed by atoms with van der Waals surface area (Å²) >= 11 is 0. The normalized spacial score (nSPS) is 34.2. The van der Waals surface area contributed by atoms with Gasteiger partial charge in [0.15, 0.2) is 0 Å². The summed E-state index contributed by atoms with van der Waals surface area (Å²) in [5.41, 5.74) is 1.13. The van der Waals surface area contributed by atoms with Crippen molar-refractivity contribution in [1.82, 2.24) is 4.90 Å². The number of rotatable bonds is 4. The van der Waals surface area contributed by atoms with E-state index >= 15 is 0 Å². The first-order valence-corrected chi connectivity index (χ1v) is 9.63. The maximum absolute atomic E-state index is 12.8. The van der Waals surface area contributed by atoms with Gasteiger partial charge in [-0.2, -0.15) is 0 Å². The van der Waals surface area contributed by atoms with Crippen LogP contribution in [0.3, 0.4) is 0 Å². The van der Waals surface area contributed by atoms with E-state index in [1.54, 1.807) is 0 Å². The summed E-state index contributed by atoms with van der Waals surface area (Å²) in [5.74, 6) is 2.86. The van der Waals surface area contributed by atoms with Gasteiger partial charge in [-0.3, -0.25) is 4.79 Å². The quantitative estimate of drug-likeness (QED) is 0.830. The summed E-state index contributed by atoms with van der Waals surface area (Å²) in [6.45, 7) is 2.65. The minimum atomic E-state index is -0.460. The van der Waals surface area contributed by atoms with Crippen molar-refractivity contribution in [3.05, 3.63) is 35.9 Å². The number of carbonyl (C=O) groups excluding carboxylic acids is 2. The van der Waals surface area contributed by atoms with E-state index in [0.717, 1.165) is 36.2 Å². The minimum absolute atomic E-state index is 0.0403. The molecule has 0 radical (unpaired) electrons. The van der Waals surface area contributed by atoms with Crippen molar-refractivity contribution in [3.63, 3.8) is 0 Å². The molecular formula is C21H27NO3. The van der Waals surface area contributed by atoms with Crippen LogP contribution in [0.15, 0.2) is 30.3 Å². The third-order valence-electron chi connectivity index (χ3n) is 6.36. The van der Waals surface area contributed by atoms with Crippen LogP contribution in [0, 0.1) is 23.7 Å². The van der Waals surface area contributed by atoms with Crippen molar-refractivity contribution in [1.29, 1.82) is 0 Å². The molecule has 1 heterocycles. The average molecular weight is 341 g/mol. The predicted molar refractivity (Wildman–Crippen MR) is 94.8 cm³/mol. The van der Waals surface area contributed by atoms with Gasteiger partial charge in [0.05, 0.1) is 6.04 Å². The van der Waals surface area contributed by atoms with Crippen LogP contribution in [-0.4, -0.2) is 29.5 Å². The van der Waals surface area contributed by atoms with Gasteiger partial charge < -0.3 is 4.74 Å². The van der Waals surface area contributed by atoms with Crippen LogP contribution < -0.4 is 0 Å². The zero-order chi connectivity index (χ0) is 17.4. The van der Waals surface area contributed by atoms with E-state index in [-0.39, 0.29) is 11.9 Å². The summed E-state index contributed by atoms with van der Waals surface area (Å²) in [4.78, 5) is 26.3. The standard InChI is InChI=1S/C21H27NO3/c1-14-7-17-9-16(10-18(17)8-14)12-20(23)22-19(13-25-21(22)24)11-15-5-3-2-4-6-15/h2-6,14,16-19H,7-13H2,1H3/t14-,16?,17-,18+,19-/m1/s1. The molecule has 25 heavy (non-hydrogen) atoms. The maximum Gasteiger partial charge on any atom is 0.416 e. The van der Waals surface area contributed by atoms with Crippen LogP contribution in [0.1, 0.15) is 44.6 Å². The largest absolute Gasteiger partial charge is 0.447 e. The molecule has 1 aliphatic heterocycles. The third-order valence-corrected chi connectivity index (χ3v) is 6.36. The molecule has 2 aliphatic carbocycles. The Labute approximate surface area is 149 Å². The number of imide groups is 1. The van der Waals surface area contributed by atoms with Gasteiger partial charge in [-0.25, -0.2) is 9.69 Å². The van der Waals surface area contributed by atoms with Crippen molar-refractivity contribution in [2.45, 2.75) is 51.5 Å². The first-order valence-electron chi connectivity index (χ1n) is 9.63. The minimum Gasteiger partial charge on any atom is -0.447 e. The summed E-state index contributed by atoms with van der Waals surface area (Å²) < 4.78 is 5.19. The van der Waals surface area contributed by atoms with Crippen molar-refractivity contribution in [2.24, 2.45) is 23.7 Å². The van der Waals surface area contributed by atoms with E-state index in [0.29, 0.717) is 25.4 Å². The molecule has 3 aliphatic rings. The molecule has 0 spiro atoms. The number of amides is 2. The Balaban J connectivity index is 1.37. The van der Waals surface area contributed by atoms with E-state index in [4.69, 9.17) is 4.74 Å². The smallest absolute Gasteiger partial charge is 0.416 e. The Hall–Kier alpha value is -1.84. The lowest BCUT2D eigenvalue weighted by Gasteiger charge is -2.21. The highest BCUT2D eigenvalue weighted by atomic mass is 16.6. The average Bonchev–Trinajstić information content (AvgIpc) is 3.21. The Morgan fingerprint density at radius 1 is 1.12 bits per heavy atom. The van der Waals surface area contributed by atoms with E-state index < -0.39 is 6.09 Å². The van der Waals surface area contributed by atoms with E-state index in [1.807, 2.05) is 30.3 Å². The second kappa shape index (κ2) is 6.81. The van der Waals surface area contributed by atoms with Gasteiger partial charge in [-0.05, 0) is 61.3 Å². The Kier molecular flexibility index (Phi) is 4.53. The second-order valence-corrected chi connectivity index (χ2v) is 8.32. The zero-order valence-corrected chi connectivity index (χ0v) is 14.9. The lowest BCUT2D eigenvalue weighted by atomic mass is 9.96. The molecule has 2 amide bonds. The summed E-state index contributed by atoms with van der Waals surface area (Å²) in [6, 6.07) is 9.84. The van der Waals surface area contributed by atoms with Gasteiger partial charge in [-0.15, -0.1) is 0 Å². The second-order valence-electron chi connectivity index (χ2n) is 8.32. The number of carbonyl (C=O) groups is 2. The van der Waals surface area contributed by atoms with Crippen LogP contribution in [0.4, 0.5) is 4.79 Å². The number of fused-ring (bicyclic) bond motifs is 1. The number of nitrogens with zero attached hydrogens (tertiary/aromatic N) is 1. The SMILES string of the molecule is C[C@H]1C[C@H]2CC(CC(=O)N3C(=O)OC[C@H]3Cc3ccccc3)C[C@H]2C1.